The van der Waals surface area contributed by atoms with E-state index in [0.29, 0.717) is 24.4 Å². The standard InChI is InChI=1S/C14H17N3O3/c1-2-20-14(19)13-8-12(16-17-13)11-9-15-6-5-10(11)4-3-7-18/h5-6,8-9,18H,2-4,7H2,1H3,(H,16,17). The van der Waals surface area contributed by atoms with E-state index in [1.54, 1.807) is 25.4 Å². The Morgan fingerprint density at radius 2 is 2.35 bits per heavy atom. The molecule has 0 saturated carbocycles. The van der Waals surface area contributed by atoms with Crippen LogP contribution in [0.4, 0.5) is 0 Å². The first kappa shape index (κ1) is 14.2. The number of carbonyl (C=O) groups is 1. The summed E-state index contributed by atoms with van der Waals surface area (Å²) in [5, 5.41) is 15.7. The van der Waals surface area contributed by atoms with Crippen LogP contribution in [0.1, 0.15) is 29.4 Å². The van der Waals surface area contributed by atoms with Gasteiger partial charge in [-0.2, -0.15) is 5.10 Å². The van der Waals surface area contributed by atoms with Gasteiger partial charge in [-0.15, -0.1) is 0 Å². The summed E-state index contributed by atoms with van der Waals surface area (Å²) in [5.74, 6) is -0.424. The molecule has 2 heterocycles. The minimum atomic E-state index is -0.424. The lowest BCUT2D eigenvalue weighted by atomic mass is 10.0. The Hall–Kier alpha value is -2.21. The maximum Gasteiger partial charge on any atom is 0.356 e. The lowest BCUT2D eigenvalue weighted by Crippen LogP contribution is -2.04. The van der Waals surface area contributed by atoms with Crippen LogP contribution in [-0.2, 0) is 11.2 Å². The Morgan fingerprint density at radius 1 is 1.50 bits per heavy atom. The van der Waals surface area contributed by atoms with Crippen LogP contribution in [0.2, 0.25) is 0 Å². The van der Waals surface area contributed by atoms with Gasteiger partial charge in [0.05, 0.1) is 12.3 Å². The number of nitrogens with zero attached hydrogens (tertiary/aromatic N) is 2. The van der Waals surface area contributed by atoms with Gasteiger partial charge >= 0.3 is 5.97 Å². The molecule has 0 aromatic carbocycles. The maximum absolute atomic E-state index is 11.6. The summed E-state index contributed by atoms with van der Waals surface area (Å²) in [7, 11) is 0. The second-order valence-corrected chi connectivity index (χ2v) is 4.25. The molecule has 0 aliphatic heterocycles. The molecule has 6 heteroatoms. The molecular weight excluding hydrogens is 258 g/mol. The van der Waals surface area contributed by atoms with Crippen LogP contribution in [0, 0.1) is 0 Å². The second-order valence-electron chi connectivity index (χ2n) is 4.25. The van der Waals surface area contributed by atoms with Gasteiger partial charge in [-0.25, -0.2) is 4.79 Å². The normalized spacial score (nSPS) is 10.5. The number of ether oxygens (including phenoxy) is 1. The van der Waals surface area contributed by atoms with Gasteiger partial charge in [0.15, 0.2) is 0 Å². The first-order valence-electron chi connectivity index (χ1n) is 6.53. The van der Waals surface area contributed by atoms with Crippen LogP contribution in [0.15, 0.2) is 24.5 Å². The molecular formula is C14H17N3O3. The Bertz CT molecular complexity index is 581. The predicted octanol–water partition coefficient (Wildman–Crippen LogP) is 1.57. The van der Waals surface area contributed by atoms with E-state index in [-0.39, 0.29) is 6.61 Å². The number of nitrogens with one attached hydrogen (secondary N) is 1. The van der Waals surface area contributed by atoms with Gasteiger partial charge in [-0.05, 0) is 37.5 Å². The number of aliphatic hydroxyl groups excluding tert-OH is 1. The van der Waals surface area contributed by atoms with Crippen molar-refractivity contribution in [1.29, 1.82) is 0 Å². The van der Waals surface area contributed by atoms with Gasteiger partial charge in [-0.1, -0.05) is 0 Å². The number of aliphatic hydroxyl groups is 1. The lowest BCUT2D eigenvalue weighted by Gasteiger charge is -2.05. The fourth-order valence-corrected chi connectivity index (χ4v) is 1.91. The highest BCUT2D eigenvalue weighted by Gasteiger charge is 2.14. The predicted molar refractivity (Wildman–Crippen MR) is 73.2 cm³/mol. The number of pyridine rings is 1. The van der Waals surface area contributed by atoms with Crippen molar-refractivity contribution in [1.82, 2.24) is 15.2 Å². The van der Waals surface area contributed by atoms with E-state index in [0.717, 1.165) is 17.5 Å². The number of aromatic amines is 1. The third kappa shape index (κ3) is 3.21. The molecule has 0 fully saturated rings. The number of carbonyl (C=O) groups excluding carboxylic acids is 1. The molecule has 0 aliphatic carbocycles. The summed E-state index contributed by atoms with van der Waals surface area (Å²) in [6.45, 7) is 2.21. The van der Waals surface area contributed by atoms with Crippen LogP contribution < -0.4 is 0 Å². The van der Waals surface area contributed by atoms with E-state index >= 15 is 0 Å². The molecule has 2 N–H and O–H groups in total. The zero-order chi connectivity index (χ0) is 14.4. The molecule has 0 bridgehead atoms. The molecule has 20 heavy (non-hydrogen) atoms. The number of aromatic nitrogens is 3. The van der Waals surface area contributed by atoms with Crippen molar-refractivity contribution in [2.45, 2.75) is 19.8 Å². The average molecular weight is 275 g/mol. The minimum Gasteiger partial charge on any atom is -0.461 e. The zero-order valence-corrected chi connectivity index (χ0v) is 11.3. The molecule has 0 atom stereocenters. The van der Waals surface area contributed by atoms with Crippen LogP contribution in [0.25, 0.3) is 11.3 Å². The van der Waals surface area contributed by atoms with Crippen molar-refractivity contribution in [2.24, 2.45) is 0 Å². The number of hydrogen-bond acceptors (Lipinski definition) is 5. The van der Waals surface area contributed by atoms with Crippen LogP contribution in [-0.4, -0.2) is 39.5 Å². The molecule has 0 saturated heterocycles. The molecule has 0 radical (unpaired) electrons. The van der Waals surface area contributed by atoms with E-state index in [4.69, 9.17) is 9.84 Å². The summed E-state index contributed by atoms with van der Waals surface area (Å²) >= 11 is 0. The lowest BCUT2D eigenvalue weighted by molar-refractivity contribution is 0.0519. The Labute approximate surface area is 116 Å². The molecule has 0 unspecified atom stereocenters. The molecule has 0 aliphatic rings. The summed E-state index contributed by atoms with van der Waals surface area (Å²) in [6, 6.07) is 3.54. The zero-order valence-electron chi connectivity index (χ0n) is 11.3. The average Bonchev–Trinajstić information content (AvgIpc) is 2.95. The molecule has 2 aromatic rings. The van der Waals surface area contributed by atoms with E-state index < -0.39 is 5.97 Å². The van der Waals surface area contributed by atoms with Gasteiger partial charge in [0, 0.05) is 24.6 Å². The summed E-state index contributed by atoms with van der Waals surface area (Å²) in [5.41, 5.74) is 2.86. The molecule has 2 rings (SSSR count). The van der Waals surface area contributed by atoms with Crippen molar-refractivity contribution in [2.75, 3.05) is 13.2 Å². The van der Waals surface area contributed by atoms with E-state index in [1.807, 2.05) is 6.07 Å². The highest BCUT2D eigenvalue weighted by molar-refractivity contribution is 5.88. The third-order valence-electron chi connectivity index (χ3n) is 2.86. The van der Waals surface area contributed by atoms with Crippen molar-refractivity contribution >= 4 is 5.97 Å². The molecule has 6 nitrogen and oxygen atoms in total. The molecule has 0 spiro atoms. The van der Waals surface area contributed by atoms with Crippen LogP contribution in [0.5, 0.6) is 0 Å². The van der Waals surface area contributed by atoms with Gasteiger partial charge in [0.2, 0.25) is 0 Å². The summed E-state index contributed by atoms with van der Waals surface area (Å²) < 4.78 is 4.91. The maximum atomic E-state index is 11.6. The highest BCUT2D eigenvalue weighted by Crippen LogP contribution is 2.22. The number of rotatable bonds is 6. The van der Waals surface area contributed by atoms with Crippen molar-refractivity contribution < 1.29 is 14.6 Å². The fourth-order valence-electron chi connectivity index (χ4n) is 1.91. The van der Waals surface area contributed by atoms with Crippen molar-refractivity contribution in [3.63, 3.8) is 0 Å². The van der Waals surface area contributed by atoms with Crippen LogP contribution in [0.3, 0.4) is 0 Å². The molecule has 106 valence electrons. The van der Waals surface area contributed by atoms with Gasteiger partial charge < -0.3 is 9.84 Å². The number of hydrogen-bond donors (Lipinski definition) is 2. The highest BCUT2D eigenvalue weighted by atomic mass is 16.5. The Balaban J connectivity index is 2.25. The second kappa shape index (κ2) is 6.81. The first-order chi connectivity index (χ1) is 9.76. The first-order valence-corrected chi connectivity index (χ1v) is 6.53. The Morgan fingerprint density at radius 3 is 3.10 bits per heavy atom. The van der Waals surface area contributed by atoms with E-state index in [1.165, 1.54) is 0 Å². The van der Waals surface area contributed by atoms with Gasteiger partial charge in [-0.3, -0.25) is 10.1 Å². The quantitative estimate of drug-likeness (QED) is 0.781. The smallest absolute Gasteiger partial charge is 0.356 e. The number of H-pyrrole nitrogens is 1. The van der Waals surface area contributed by atoms with Gasteiger partial charge in [0.25, 0.3) is 0 Å². The third-order valence-corrected chi connectivity index (χ3v) is 2.86. The fraction of sp³-hybridized carbons (Fsp3) is 0.357. The largest absolute Gasteiger partial charge is 0.461 e. The van der Waals surface area contributed by atoms with Crippen molar-refractivity contribution in [3.05, 3.63) is 35.8 Å². The summed E-state index contributed by atoms with van der Waals surface area (Å²) in [4.78, 5) is 15.7. The van der Waals surface area contributed by atoms with E-state index in [2.05, 4.69) is 15.2 Å². The van der Waals surface area contributed by atoms with E-state index in [9.17, 15) is 4.79 Å². The van der Waals surface area contributed by atoms with Gasteiger partial charge in [0.1, 0.15) is 5.69 Å². The number of esters is 1. The summed E-state index contributed by atoms with van der Waals surface area (Å²) in [6.07, 6.45) is 4.81. The minimum absolute atomic E-state index is 0.135. The SMILES string of the molecule is CCOC(=O)c1cc(-c2cnccc2CCCO)n[nH]1. The molecule has 2 aromatic heterocycles. The number of aryl methyl sites for hydroxylation is 1. The topological polar surface area (TPSA) is 88.1 Å². The monoisotopic (exact) mass is 275 g/mol. The van der Waals surface area contributed by atoms with Crippen LogP contribution >= 0.6 is 0 Å². The van der Waals surface area contributed by atoms with Crippen molar-refractivity contribution in [3.8, 4) is 11.3 Å². The Kier molecular flexibility index (Phi) is 4.84. The molecule has 0 amide bonds.